The maximum Gasteiger partial charge on any atom is 0.230 e. The lowest BCUT2D eigenvalue weighted by molar-refractivity contribution is 0.0460. The molecule has 0 saturated carbocycles. The number of hydrogen-bond donors (Lipinski definition) is 3. The van der Waals surface area contributed by atoms with Crippen molar-refractivity contribution in [2.45, 2.75) is 32.4 Å². The molecule has 6 rings (SSSR count). The first-order valence-electron chi connectivity index (χ1n) is 12.8. The van der Waals surface area contributed by atoms with Crippen LogP contribution in [0.4, 0.5) is 11.9 Å². The van der Waals surface area contributed by atoms with E-state index < -0.39 is 0 Å². The average molecular weight is 497 g/mol. The number of anilines is 2. The van der Waals surface area contributed by atoms with Crippen LogP contribution in [0.15, 0.2) is 60.8 Å². The Kier molecular flexibility index (Phi) is 6.23. The summed E-state index contributed by atoms with van der Waals surface area (Å²) in [5, 5.41) is 9.39. The second-order valence-electron chi connectivity index (χ2n) is 9.79. The highest BCUT2D eigenvalue weighted by Crippen LogP contribution is 2.28. The van der Waals surface area contributed by atoms with Crippen LogP contribution in [0, 0.1) is 0 Å². The molecule has 1 saturated heterocycles. The molecule has 4 N–H and O–H groups in total. The molecular formula is C28H32N8O. The van der Waals surface area contributed by atoms with Crippen LogP contribution in [-0.4, -0.2) is 56.9 Å². The Morgan fingerprint density at radius 2 is 1.97 bits per heavy atom. The van der Waals surface area contributed by atoms with Crippen molar-refractivity contribution in [1.82, 2.24) is 24.6 Å². The van der Waals surface area contributed by atoms with Crippen LogP contribution in [0.2, 0.25) is 0 Å². The second-order valence-corrected chi connectivity index (χ2v) is 9.79. The van der Waals surface area contributed by atoms with Crippen molar-refractivity contribution in [1.29, 1.82) is 0 Å². The maximum absolute atomic E-state index is 5.89. The summed E-state index contributed by atoms with van der Waals surface area (Å²) >= 11 is 0. The minimum absolute atomic E-state index is 0.0253. The molecule has 1 aliphatic rings. The molecule has 0 spiro atoms. The van der Waals surface area contributed by atoms with Crippen molar-refractivity contribution in [2.24, 2.45) is 5.73 Å². The van der Waals surface area contributed by atoms with Gasteiger partial charge < -0.3 is 25.7 Å². The summed E-state index contributed by atoms with van der Waals surface area (Å²) in [5.74, 6) is 1.62. The Hall–Kier alpha value is -3.95. The fourth-order valence-electron chi connectivity index (χ4n) is 4.92. The monoisotopic (exact) mass is 496 g/mol. The fraction of sp³-hybridized carbons (Fsp3) is 0.321. The molecule has 9 nitrogen and oxygen atoms in total. The Morgan fingerprint density at radius 3 is 2.81 bits per heavy atom. The lowest BCUT2D eigenvalue weighted by Crippen LogP contribution is -2.46. The standard InChI is InChI=1S/C28H32N8O/c1-18(2)23-16-31-36-26(23)33-28(35-11-12-37-21(14-29)17-35)34-27(36)30-15-20-8-3-5-9-22(20)25-13-19-7-4-6-10-24(19)32-25/h3-10,13,16,18,21,32H,11-12,14-15,17,29H2,1-2H3,(H,30,33,34). The number of nitrogens with two attached hydrogens (primary N) is 1. The third kappa shape index (κ3) is 4.52. The Morgan fingerprint density at radius 1 is 1.14 bits per heavy atom. The van der Waals surface area contributed by atoms with Crippen molar-refractivity contribution in [3.63, 3.8) is 0 Å². The lowest BCUT2D eigenvalue weighted by Gasteiger charge is -2.32. The van der Waals surface area contributed by atoms with Gasteiger partial charge in [0.25, 0.3) is 0 Å². The molecule has 0 aliphatic carbocycles. The number of benzene rings is 2. The van der Waals surface area contributed by atoms with Crippen LogP contribution in [0.25, 0.3) is 27.8 Å². The molecule has 1 unspecified atom stereocenters. The van der Waals surface area contributed by atoms with Crippen molar-refractivity contribution in [3.8, 4) is 11.3 Å². The first kappa shape index (κ1) is 23.4. The van der Waals surface area contributed by atoms with Crippen LogP contribution in [0.5, 0.6) is 0 Å². The molecule has 1 fully saturated rings. The van der Waals surface area contributed by atoms with Gasteiger partial charge in [0.2, 0.25) is 11.9 Å². The summed E-state index contributed by atoms with van der Waals surface area (Å²) in [7, 11) is 0. The number of morpholine rings is 1. The van der Waals surface area contributed by atoms with E-state index in [1.54, 1.807) is 0 Å². The molecule has 37 heavy (non-hydrogen) atoms. The number of ether oxygens (including phenoxy) is 1. The molecule has 4 heterocycles. The van der Waals surface area contributed by atoms with E-state index in [2.05, 4.69) is 82.7 Å². The van der Waals surface area contributed by atoms with Gasteiger partial charge >= 0.3 is 0 Å². The molecule has 9 heteroatoms. The minimum atomic E-state index is -0.0253. The Bertz CT molecular complexity index is 1510. The molecule has 0 bridgehead atoms. The lowest BCUT2D eigenvalue weighted by atomic mass is 10.0. The summed E-state index contributed by atoms with van der Waals surface area (Å²) in [6.07, 6.45) is 1.87. The molecule has 0 amide bonds. The van der Waals surface area contributed by atoms with Gasteiger partial charge in [-0.25, -0.2) is 0 Å². The molecule has 2 aromatic carbocycles. The molecule has 190 valence electrons. The summed E-state index contributed by atoms with van der Waals surface area (Å²) in [6.45, 7) is 7.36. The predicted octanol–water partition coefficient (Wildman–Crippen LogP) is 4.17. The normalized spacial score (nSPS) is 16.2. The van der Waals surface area contributed by atoms with Crippen molar-refractivity contribution >= 4 is 28.4 Å². The van der Waals surface area contributed by atoms with Crippen molar-refractivity contribution in [2.75, 3.05) is 36.5 Å². The fourth-order valence-corrected chi connectivity index (χ4v) is 4.92. The molecule has 1 atom stereocenters. The third-order valence-corrected chi connectivity index (χ3v) is 6.96. The van der Waals surface area contributed by atoms with Crippen LogP contribution in [-0.2, 0) is 11.3 Å². The van der Waals surface area contributed by atoms with Gasteiger partial charge in [-0.15, -0.1) is 0 Å². The van der Waals surface area contributed by atoms with Crippen molar-refractivity contribution < 1.29 is 4.74 Å². The summed E-state index contributed by atoms with van der Waals surface area (Å²) in [4.78, 5) is 15.6. The third-order valence-electron chi connectivity index (χ3n) is 6.96. The van der Waals surface area contributed by atoms with E-state index in [9.17, 15) is 0 Å². The molecule has 5 aromatic rings. The zero-order valence-corrected chi connectivity index (χ0v) is 21.2. The van der Waals surface area contributed by atoms with Crippen LogP contribution >= 0.6 is 0 Å². The van der Waals surface area contributed by atoms with E-state index >= 15 is 0 Å². The van der Waals surface area contributed by atoms with E-state index in [1.165, 1.54) is 5.39 Å². The van der Waals surface area contributed by atoms with Gasteiger partial charge in [-0.2, -0.15) is 19.6 Å². The minimum Gasteiger partial charge on any atom is -0.373 e. The number of para-hydroxylation sites is 1. The summed E-state index contributed by atoms with van der Waals surface area (Å²) in [6, 6.07) is 19.0. The van der Waals surface area contributed by atoms with E-state index in [1.807, 2.05) is 16.8 Å². The first-order chi connectivity index (χ1) is 18.1. The SMILES string of the molecule is CC(C)c1cnn2c(NCc3ccccc3-c3cc4ccccc4[nH]3)nc(N3CCOC(CN)C3)nc12. The van der Waals surface area contributed by atoms with Gasteiger partial charge in [-0.3, -0.25) is 0 Å². The highest BCUT2D eigenvalue weighted by Gasteiger charge is 2.24. The maximum atomic E-state index is 5.89. The number of aromatic amines is 1. The Labute approximate surface area is 215 Å². The number of fused-ring (bicyclic) bond motifs is 2. The topological polar surface area (TPSA) is 109 Å². The molecular weight excluding hydrogens is 464 g/mol. The van der Waals surface area contributed by atoms with Gasteiger partial charge in [0.1, 0.15) is 0 Å². The van der Waals surface area contributed by atoms with E-state index in [0.29, 0.717) is 38.1 Å². The quantitative estimate of drug-likeness (QED) is 0.310. The number of rotatable bonds is 7. The average Bonchev–Trinajstić information content (AvgIpc) is 3.56. The first-order valence-corrected chi connectivity index (χ1v) is 12.8. The number of H-pyrrole nitrogens is 1. The van der Waals surface area contributed by atoms with Crippen molar-refractivity contribution in [3.05, 3.63) is 71.9 Å². The van der Waals surface area contributed by atoms with Gasteiger partial charge in [-0.1, -0.05) is 56.3 Å². The van der Waals surface area contributed by atoms with Gasteiger partial charge in [0.15, 0.2) is 5.65 Å². The zero-order valence-electron chi connectivity index (χ0n) is 21.2. The smallest absolute Gasteiger partial charge is 0.230 e. The molecule has 0 radical (unpaired) electrons. The number of hydrogen-bond acceptors (Lipinski definition) is 7. The second kappa shape index (κ2) is 9.84. The van der Waals surface area contributed by atoms with Crippen LogP contribution in [0.3, 0.4) is 0 Å². The number of nitrogens with one attached hydrogen (secondary N) is 2. The predicted molar refractivity (Wildman–Crippen MR) is 147 cm³/mol. The Balaban J connectivity index is 1.35. The summed E-state index contributed by atoms with van der Waals surface area (Å²) in [5.41, 5.74) is 12.3. The van der Waals surface area contributed by atoms with E-state index in [0.717, 1.165) is 40.1 Å². The molecule has 3 aromatic heterocycles. The highest BCUT2D eigenvalue weighted by molar-refractivity contribution is 5.86. The van der Waals surface area contributed by atoms with Gasteiger partial charge in [0.05, 0.1) is 18.9 Å². The largest absolute Gasteiger partial charge is 0.373 e. The van der Waals surface area contributed by atoms with Gasteiger partial charge in [-0.05, 0) is 23.6 Å². The zero-order chi connectivity index (χ0) is 25.4. The number of nitrogens with zero attached hydrogens (tertiary/aromatic N) is 5. The van der Waals surface area contributed by atoms with Crippen LogP contribution in [0.1, 0.15) is 30.9 Å². The highest BCUT2D eigenvalue weighted by atomic mass is 16.5. The van der Waals surface area contributed by atoms with E-state index in [4.69, 9.17) is 20.4 Å². The molecule has 1 aliphatic heterocycles. The van der Waals surface area contributed by atoms with Gasteiger partial charge in [0, 0.05) is 53.9 Å². The number of aromatic nitrogens is 5. The van der Waals surface area contributed by atoms with E-state index in [-0.39, 0.29) is 12.0 Å². The van der Waals surface area contributed by atoms with Crippen LogP contribution < -0.4 is 16.0 Å². The summed E-state index contributed by atoms with van der Waals surface area (Å²) < 4.78 is 7.58.